The molecule has 3 rings (SSSR count). The van der Waals surface area contributed by atoms with E-state index >= 15 is 0 Å². The summed E-state index contributed by atoms with van der Waals surface area (Å²) >= 11 is 0. The minimum Gasteiger partial charge on any atom is -0.502 e. The molecule has 0 bridgehead atoms. The van der Waals surface area contributed by atoms with Crippen LogP contribution in [0.1, 0.15) is 21.5 Å². The van der Waals surface area contributed by atoms with Crippen molar-refractivity contribution >= 4 is 29.8 Å². The number of phenolic OH excluding ortho intramolecular Hbond substituents is 1. The van der Waals surface area contributed by atoms with E-state index in [4.69, 9.17) is 0 Å². The number of amides is 2. The van der Waals surface area contributed by atoms with E-state index in [-0.39, 0.29) is 11.3 Å². The van der Waals surface area contributed by atoms with E-state index in [2.05, 4.69) is 15.8 Å². The van der Waals surface area contributed by atoms with E-state index in [1.165, 1.54) is 18.2 Å². The van der Waals surface area contributed by atoms with E-state index in [0.29, 0.717) is 11.1 Å². The van der Waals surface area contributed by atoms with Gasteiger partial charge in [-0.3, -0.25) is 19.7 Å². The van der Waals surface area contributed by atoms with Gasteiger partial charge in [-0.25, -0.2) is 5.43 Å². The van der Waals surface area contributed by atoms with Gasteiger partial charge in [0.1, 0.15) is 5.70 Å². The Morgan fingerprint density at radius 1 is 0.938 bits per heavy atom. The number of rotatable bonds is 7. The van der Waals surface area contributed by atoms with E-state index in [1.807, 2.05) is 6.07 Å². The second-order valence-electron chi connectivity index (χ2n) is 6.46. The van der Waals surface area contributed by atoms with Gasteiger partial charge in [-0.05, 0) is 29.8 Å². The second kappa shape index (κ2) is 10.3. The molecule has 9 nitrogen and oxygen atoms in total. The summed E-state index contributed by atoms with van der Waals surface area (Å²) in [6.07, 6.45) is 2.55. The van der Waals surface area contributed by atoms with Crippen molar-refractivity contribution < 1.29 is 19.6 Å². The summed E-state index contributed by atoms with van der Waals surface area (Å²) in [5, 5.41) is 27.2. The minimum atomic E-state index is -0.731. The molecule has 0 atom stereocenters. The number of nitro benzene ring substituents is 1. The molecule has 0 aliphatic carbocycles. The Morgan fingerprint density at radius 3 is 2.25 bits per heavy atom. The van der Waals surface area contributed by atoms with Crippen molar-refractivity contribution in [3.05, 3.63) is 111 Å². The molecule has 0 saturated carbocycles. The topological polar surface area (TPSA) is 134 Å². The fourth-order valence-electron chi connectivity index (χ4n) is 2.68. The summed E-state index contributed by atoms with van der Waals surface area (Å²) in [6, 6.07) is 21.2. The fourth-order valence-corrected chi connectivity index (χ4v) is 2.68. The van der Waals surface area contributed by atoms with Crippen LogP contribution in [0.25, 0.3) is 6.08 Å². The molecule has 0 aliphatic heterocycles. The van der Waals surface area contributed by atoms with Crippen LogP contribution in [-0.4, -0.2) is 28.1 Å². The van der Waals surface area contributed by atoms with Crippen LogP contribution in [-0.2, 0) is 4.79 Å². The van der Waals surface area contributed by atoms with Gasteiger partial charge < -0.3 is 10.4 Å². The molecule has 0 unspecified atom stereocenters. The highest BCUT2D eigenvalue weighted by Crippen LogP contribution is 2.27. The van der Waals surface area contributed by atoms with Crippen molar-refractivity contribution in [3.8, 4) is 5.75 Å². The third kappa shape index (κ3) is 5.63. The first-order valence-electron chi connectivity index (χ1n) is 9.38. The molecular weight excluding hydrogens is 412 g/mol. The van der Waals surface area contributed by atoms with Crippen molar-refractivity contribution in [1.29, 1.82) is 0 Å². The van der Waals surface area contributed by atoms with Crippen LogP contribution < -0.4 is 10.7 Å². The average Bonchev–Trinajstić information content (AvgIpc) is 2.80. The first-order chi connectivity index (χ1) is 15.5. The average molecular weight is 430 g/mol. The van der Waals surface area contributed by atoms with Crippen molar-refractivity contribution in [2.24, 2.45) is 5.10 Å². The number of hydrazone groups is 1. The van der Waals surface area contributed by atoms with Crippen LogP contribution in [0.5, 0.6) is 5.75 Å². The van der Waals surface area contributed by atoms with Crippen LogP contribution >= 0.6 is 0 Å². The number of nitro groups is 1. The summed E-state index contributed by atoms with van der Waals surface area (Å²) in [6.45, 7) is 0. The first kappa shape index (κ1) is 21.9. The number of hydrogen-bond donors (Lipinski definition) is 3. The maximum atomic E-state index is 12.7. The Balaban J connectivity index is 1.80. The van der Waals surface area contributed by atoms with Crippen LogP contribution in [0.2, 0.25) is 0 Å². The molecule has 32 heavy (non-hydrogen) atoms. The number of benzene rings is 3. The van der Waals surface area contributed by atoms with E-state index in [1.54, 1.807) is 54.6 Å². The van der Waals surface area contributed by atoms with E-state index < -0.39 is 28.2 Å². The van der Waals surface area contributed by atoms with Gasteiger partial charge in [0.05, 0.1) is 11.1 Å². The standard InChI is InChI=1S/C23H18N4O5/c28-21-18(12-7-13-20(21)27(31)32)15-24-26-23(30)19(14-16-8-3-1-4-9-16)25-22(29)17-10-5-2-6-11-17/h1-15,28H,(H,25,29)(H,26,30)/b19-14?,24-15+. The highest BCUT2D eigenvalue weighted by molar-refractivity contribution is 6.05. The lowest BCUT2D eigenvalue weighted by molar-refractivity contribution is -0.385. The third-order valence-electron chi connectivity index (χ3n) is 4.25. The number of phenols is 1. The zero-order valence-corrected chi connectivity index (χ0v) is 16.6. The van der Waals surface area contributed by atoms with Gasteiger partial charge in [0.15, 0.2) is 0 Å². The van der Waals surface area contributed by atoms with Gasteiger partial charge in [-0.2, -0.15) is 5.10 Å². The molecule has 0 aromatic heterocycles. The third-order valence-corrected chi connectivity index (χ3v) is 4.25. The van der Waals surface area contributed by atoms with E-state index in [9.17, 15) is 24.8 Å². The lowest BCUT2D eigenvalue weighted by Crippen LogP contribution is -2.32. The van der Waals surface area contributed by atoms with Crippen LogP contribution in [0, 0.1) is 10.1 Å². The van der Waals surface area contributed by atoms with Gasteiger partial charge >= 0.3 is 5.69 Å². The molecule has 0 aliphatic rings. The molecule has 9 heteroatoms. The zero-order chi connectivity index (χ0) is 22.9. The second-order valence-corrected chi connectivity index (χ2v) is 6.46. The lowest BCUT2D eigenvalue weighted by Gasteiger charge is -2.09. The summed E-state index contributed by atoms with van der Waals surface area (Å²) in [5.41, 5.74) is 2.78. The zero-order valence-electron chi connectivity index (χ0n) is 16.6. The Kier molecular flexibility index (Phi) is 7.05. The number of nitrogens with one attached hydrogen (secondary N) is 2. The molecule has 3 aromatic carbocycles. The monoisotopic (exact) mass is 430 g/mol. The maximum Gasteiger partial charge on any atom is 0.311 e. The van der Waals surface area contributed by atoms with E-state index in [0.717, 1.165) is 12.3 Å². The van der Waals surface area contributed by atoms with Crippen molar-refractivity contribution in [1.82, 2.24) is 10.7 Å². The Bertz CT molecular complexity index is 1190. The molecule has 160 valence electrons. The Morgan fingerprint density at radius 2 is 1.59 bits per heavy atom. The van der Waals surface area contributed by atoms with Gasteiger partial charge in [0, 0.05) is 17.2 Å². The number of nitrogens with zero attached hydrogens (tertiary/aromatic N) is 2. The fraction of sp³-hybridized carbons (Fsp3) is 0. The number of carbonyl (C=O) groups excluding carboxylic acids is 2. The molecule has 0 saturated heterocycles. The molecule has 2 amide bonds. The number of hydrogen-bond acceptors (Lipinski definition) is 6. The van der Waals surface area contributed by atoms with Crippen molar-refractivity contribution in [2.75, 3.05) is 0 Å². The maximum absolute atomic E-state index is 12.7. The predicted octanol–water partition coefficient (Wildman–Crippen LogP) is 3.22. The molecular formula is C23H18N4O5. The number of para-hydroxylation sites is 1. The van der Waals surface area contributed by atoms with Gasteiger partial charge in [0.2, 0.25) is 5.75 Å². The molecule has 0 spiro atoms. The Labute approximate surface area is 182 Å². The predicted molar refractivity (Wildman–Crippen MR) is 119 cm³/mol. The smallest absolute Gasteiger partial charge is 0.311 e. The summed E-state index contributed by atoms with van der Waals surface area (Å²) < 4.78 is 0. The summed E-state index contributed by atoms with van der Waals surface area (Å²) in [7, 11) is 0. The quantitative estimate of drug-likeness (QED) is 0.229. The number of carbonyl (C=O) groups is 2. The lowest BCUT2D eigenvalue weighted by atomic mass is 10.1. The number of aromatic hydroxyl groups is 1. The summed E-state index contributed by atoms with van der Waals surface area (Å²) in [4.78, 5) is 35.4. The van der Waals surface area contributed by atoms with Crippen molar-refractivity contribution in [2.45, 2.75) is 0 Å². The molecule has 3 aromatic rings. The normalized spacial score (nSPS) is 11.2. The molecule has 0 heterocycles. The van der Waals surface area contributed by atoms with Gasteiger partial charge in [-0.15, -0.1) is 0 Å². The van der Waals surface area contributed by atoms with Crippen LogP contribution in [0.3, 0.4) is 0 Å². The molecule has 0 radical (unpaired) electrons. The molecule has 3 N–H and O–H groups in total. The summed E-state index contributed by atoms with van der Waals surface area (Å²) in [5.74, 6) is -1.78. The Hall–Kier alpha value is -4.79. The highest BCUT2D eigenvalue weighted by Gasteiger charge is 2.16. The minimum absolute atomic E-state index is 0.0430. The van der Waals surface area contributed by atoms with Gasteiger partial charge in [0.25, 0.3) is 11.8 Å². The SMILES string of the molecule is O=C(N/N=C/c1cccc([N+](=O)[O-])c1O)C(=Cc1ccccc1)NC(=O)c1ccccc1. The largest absolute Gasteiger partial charge is 0.502 e. The highest BCUT2D eigenvalue weighted by atomic mass is 16.6. The van der Waals surface area contributed by atoms with Gasteiger partial charge in [-0.1, -0.05) is 54.6 Å². The first-order valence-corrected chi connectivity index (χ1v) is 9.38. The van der Waals surface area contributed by atoms with Crippen LogP contribution in [0.4, 0.5) is 5.69 Å². The van der Waals surface area contributed by atoms with Crippen molar-refractivity contribution in [3.63, 3.8) is 0 Å². The van der Waals surface area contributed by atoms with Crippen LogP contribution in [0.15, 0.2) is 89.7 Å². The molecule has 0 fully saturated rings.